The van der Waals surface area contributed by atoms with E-state index in [1.165, 1.54) is 0 Å². The van der Waals surface area contributed by atoms with Gasteiger partial charge in [0.25, 0.3) is 0 Å². The van der Waals surface area contributed by atoms with Crippen LogP contribution >= 0.6 is 15.9 Å². The van der Waals surface area contributed by atoms with Gasteiger partial charge in [-0.1, -0.05) is 40.2 Å². The average Bonchev–Trinajstić information content (AvgIpc) is 3.31. The van der Waals surface area contributed by atoms with Crippen molar-refractivity contribution in [1.29, 1.82) is 0 Å². The van der Waals surface area contributed by atoms with Gasteiger partial charge in [0.15, 0.2) is 11.5 Å². The molecule has 4 heteroatoms. The number of rotatable bonds is 4. The van der Waals surface area contributed by atoms with Crippen LogP contribution in [0.2, 0.25) is 0 Å². The minimum atomic E-state index is 0.716. The second kappa shape index (κ2) is 6.65. The van der Waals surface area contributed by atoms with Crippen LogP contribution in [0.15, 0.2) is 86.5 Å². The van der Waals surface area contributed by atoms with Crippen LogP contribution in [-0.2, 0) is 0 Å². The lowest BCUT2D eigenvalue weighted by Crippen LogP contribution is -1.84. The van der Waals surface area contributed by atoms with Crippen LogP contribution in [0.1, 0.15) is 0 Å². The lowest BCUT2D eigenvalue weighted by atomic mass is 10.0. The first kappa shape index (κ1) is 15.8. The molecule has 25 heavy (non-hydrogen) atoms. The van der Waals surface area contributed by atoms with Gasteiger partial charge in [-0.05, 0) is 47.5 Å². The molecule has 2 aromatic heterocycles. The molecule has 124 valence electrons. The van der Waals surface area contributed by atoms with Gasteiger partial charge in [-0.25, -0.2) is 0 Å². The quantitative estimate of drug-likeness (QED) is 0.388. The highest BCUT2D eigenvalue weighted by molar-refractivity contribution is 9.10. The maximum Gasteiger partial charge on any atom is 0.177 e. The van der Waals surface area contributed by atoms with Crippen LogP contribution < -0.4 is 4.74 Å². The number of hydrogen-bond donors (Lipinski definition) is 0. The molecule has 0 fully saturated rings. The summed E-state index contributed by atoms with van der Waals surface area (Å²) in [6, 6.07) is 19.9. The number of ether oxygens (including phenoxy) is 1. The molecule has 0 aliphatic carbocycles. The zero-order valence-electron chi connectivity index (χ0n) is 13.5. The third-order valence-electron chi connectivity index (χ3n) is 4.09. The van der Waals surface area contributed by atoms with Crippen LogP contribution in [0.4, 0.5) is 0 Å². The van der Waals surface area contributed by atoms with Gasteiger partial charge >= 0.3 is 0 Å². The highest BCUT2D eigenvalue weighted by Crippen LogP contribution is 2.40. The Balaban J connectivity index is 1.78. The van der Waals surface area contributed by atoms with Gasteiger partial charge in [0.05, 0.1) is 19.6 Å². The second-order valence-corrected chi connectivity index (χ2v) is 6.48. The summed E-state index contributed by atoms with van der Waals surface area (Å²) in [6.45, 7) is 0. The van der Waals surface area contributed by atoms with E-state index in [9.17, 15) is 0 Å². The maximum atomic E-state index is 5.77. The molecule has 0 N–H and O–H groups in total. The predicted octanol–water partition coefficient (Wildman–Crippen LogP) is 6.64. The smallest absolute Gasteiger partial charge is 0.177 e. The topological polar surface area (TPSA) is 35.5 Å². The van der Waals surface area contributed by atoms with Crippen molar-refractivity contribution in [1.82, 2.24) is 0 Å². The lowest BCUT2D eigenvalue weighted by molar-refractivity contribution is 0.415. The first-order valence-corrected chi connectivity index (χ1v) is 8.61. The highest BCUT2D eigenvalue weighted by atomic mass is 79.9. The van der Waals surface area contributed by atoms with Crippen molar-refractivity contribution >= 4 is 15.9 Å². The fourth-order valence-electron chi connectivity index (χ4n) is 2.82. The molecule has 0 radical (unpaired) electrons. The van der Waals surface area contributed by atoms with Crippen molar-refractivity contribution in [3.8, 4) is 39.5 Å². The molecule has 2 aromatic carbocycles. The molecule has 0 aliphatic heterocycles. The van der Waals surface area contributed by atoms with Gasteiger partial charge in [0.2, 0.25) is 0 Å². The molecule has 4 rings (SSSR count). The fourth-order valence-corrected chi connectivity index (χ4v) is 3.09. The summed E-state index contributed by atoms with van der Waals surface area (Å²) in [6.07, 6.45) is 3.37. The molecular formula is C21H15BrO3. The SMILES string of the molecule is COc1ccc(-c2ccoc2-c2occc2-c2ccc(Br)cc2)cc1. The molecule has 0 unspecified atom stereocenters. The van der Waals surface area contributed by atoms with Crippen molar-refractivity contribution < 1.29 is 13.6 Å². The predicted molar refractivity (Wildman–Crippen MR) is 102 cm³/mol. The minimum absolute atomic E-state index is 0.716. The number of benzene rings is 2. The summed E-state index contributed by atoms with van der Waals surface area (Å²) in [5.41, 5.74) is 4.10. The van der Waals surface area contributed by atoms with E-state index >= 15 is 0 Å². The van der Waals surface area contributed by atoms with E-state index in [4.69, 9.17) is 13.6 Å². The lowest BCUT2D eigenvalue weighted by Gasteiger charge is -2.05. The Hall–Kier alpha value is -2.72. The summed E-state index contributed by atoms with van der Waals surface area (Å²) >= 11 is 3.47. The monoisotopic (exact) mass is 394 g/mol. The Bertz CT molecular complexity index is 979. The Morgan fingerprint density at radius 1 is 0.680 bits per heavy atom. The molecular weight excluding hydrogens is 380 g/mol. The molecule has 0 amide bonds. The minimum Gasteiger partial charge on any atom is -0.497 e. The van der Waals surface area contributed by atoms with E-state index in [1.807, 2.05) is 48.5 Å². The van der Waals surface area contributed by atoms with Crippen molar-refractivity contribution in [3.05, 3.63) is 77.7 Å². The van der Waals surface area contributed by atoms with Crippen molar-refractivity contribution in [2.75, 3.05) is 7.11 Å². The molecule has 4 aromatic rings. The van der Waals surface area contributed by atoms with Gasteiger partial charge < -0.3 is 13.6 Å². The van der Waals surface area contributed by atoms with Crippen LogP contribution in [0.5, 0.6) is 5.75 Å². The van der Waals surface area contributed by atoms with E-state index in [-0.39, 0.29) is 0 Å². The maximum absolute atomic E-state index is 5.77. The van der Waals surface area contributed by atoms with Crippen LogP contribution in [-0.4, -0.2) is 7.11 Å². The van der Waals surface area contributed by atoms with Crippen LogP contribution in [0.3, 0.4) is 0 Å². The van der Waals surface area contributed by atoms with Gasteiger partial charge in [-0.3, -0.25) is 0 Å². The van der Waals surface area contributed by atoms with E-state index in [2.05, 4.69) is 28.1 Å². The third kappa shape index (κ3) is 3.01. The Labute approximate surface area is 154 Å². The van der Waals surface area contributed by atoms with E-state index in [0.29, 0.717) is 5.76 Å². The molecule has 0 bridgehead atoms. The largest absolute Gasteiger partial charge is 0.497 e. The van der Waals surface area contributed by atoms with Crippen LogP contribution in [0.25, 0.3) is 33.8 Å². The number of hydrogen-bond acceptors (Lipinski definition) is 3. The normalized spacial score (nSPS) is 10.8. The Kier molecular flexibility index (Phi) is 4.20. The fraction of sp³-hybridized carbons (Fsp3) is 0.0476. The molecule has 0 aliphatic rings. The molecule has 0 saturated carbocycles. The van der Waals surface area contributed by atoms with E-state index < -0.39 is 0 Å². The first-order chi connectivity index (χ1) is 12.3. The summed E-state index contributed by atoms with van der Waals surface area (Å²) in [5.74, 6) is 2.26. The number of methoxy groups -OCH3 is 1. The van der Waals surface area contributed by atoms with Crippen molar-refractivity contribution in [2.45, 2.75) is 0 Å². The highest BCUT2D eigenvalue weighted by Gasteiger charge is 2.19. The molecule has 3 nitrogen and oxygen atoms in total. The average molecular weight is 395 g/mol. The first-order valence-electron chi connectivity index (χ1n) is 7.82. The van der Waals surface area contributed by atoms with Gasteiger partial charge in [-0.2, -0.15) is 0 Å². The molecule has 0 atom stereocenters. The molecule has 0 saturated heterocycles. The summed E-state index contributed by atoms with van der Waals surface area (Å²) in [7, 11) is 1.66. The zero-order chi connectivity index (χ0) is 17.2. The van der Waals surface area contributed by atoms with E-state index in [0.717, 1.165) is 38.2 Å². The Morgan fingerprint density at radius 2 is 1.16 bits per heavy atom. The van der Waals surface area contributed by atoms with Gasteiger partial charge in [0.1, 0.15) is 5.75 Å². The summed E-state index contributed by atoms with van der Waals surface area (Å²) in [5, 5.41) is 0. The van der Waals surface area contributed by atoms with Crippen molar-refractivity contribution in [2.24, 2.45) is 0 Å². The van der Waals surface area contributed by atoms with Crippen LogP contribution in [0, 0.1) is 0 Å². The standard InChI is InChI=1S/C21H15BrO3/c1-23-17-8-4-15(5-9-17)19-11-13-25-21(19)20-18(10-12-24-20)14-2-6-16(22)7-3-14/h2-13H,1H3. The third-order valence-corrected chi connectivity index (χ3v) is 4.62. The zero-order valence-corrected chi connectivity index (χ0v) is 15.1. The molecule has 0 spiro atoms. The van der Waals surface area contributed by atoms with Crippen molar-refractivity contribution in [3.63, 3.8) is 0 Å². The van der Waals surface area contributed by atoms with Gasteiger partial charge in [-0.15, -0.1) is 0 Å². The summed E-state index contributed by atoms with van der Waals surface area (Å²) in [4.78, 5) is 0. The van der Waals surface area contributed by atoms with Gasteiger partial charge in [0, 0.05) is 15.6 Å². The Morgan fingerprint density at radius 3 is 1.64 bits per heavy atom. The van der Waals surface area contributed by atoms with E-state index in [1.54, 1.807) is 19.6 Å². The number of furan rings is 2. The second-order valence-electron chi connectivity index (χ2n) is 5.56. The number of halogens is 1. The molecule has 2 heterocycles. The summed E-state index contributed by atoms with van der Waals surface area (Å²) < 4.78 is 17.8.